The van der Waals surface area contributed by atoms with Crippen molar-refractivity contribution in [2.75, 3.05) is 18.9 Å². The molecule has 1 saturated carbocycles. The van der Waals surface area contributed by atoms with E-state index >= 15 is 0 Å². The van der Waals surface area contributed by atoms with Crippen molar-refractivity contribution in [1.82, 2.24) is 20.2 Å². The van der Waals surface area contributed by atoms with E-state index in [9.17, 15) is 18.4 Å². The summed E-state index contributed by atoms with van der Waals surface area (Å²) in [4.78, 5) is 34.6. The van der Waals surface area contributed by atoms with Gasteiger partial charge < -0.3 is 15.5 Å². The highest BCUT2D eigenvalue weighted by atomic mass is 19.3. The zero-order chi connectivity index (χ0) is 24.3. The summed E-state index contributed by atoms with van der Waals surface area (Å²) in [6.45, 7) is 0.103. The van der Waals surface area contributed by atoms with Gasteiger partial charge in [0.25, 0.3) is 0 Å². The standard InChI is InChI=1S/C23H24F2N6O3/c1-27-12-15(11-26)18-10-16(4-8-28-18)34-17-2-3-19(29-13-17)30-21(33)31-9-7-22(20(31)32)5-6-23(24,25)14-22/h2-4,8,10-13,26-27H,5-7,9,14H2,1H3,(H,29,30,33)/b15-12+,26-11?. The summed E-state index contributed by atoms with van der Waals surface area (Å²) in [6, 6.07) is 5.74. The van der Waals surface area contributed by atoms with E-state index in [-0.39, 0.29) is 31.6 Å². The predicted molar refractivity (Wildman–Crippen MR) is 121 cm³/mol. The van der Waals surface area contributed by atoms with Crippen molar-refractivity contribution in [3.63, 3.8) is 0 Å². The normalized spacial score (nSPS) is 21.6. The molecule has 1 aliphatic carbocycles. The lowest BCUT2D eigenvalue weighted by Gasteiger charge is -2.22. The number of urea groups is 1. The van der Waals surface area contributed by atoms with E-state index in [0.717, 1.165) is 4.90 Å². The average Bonchev–Trinajstić information content (AvgIpc) is 3.31. The van der Waals surface area contributed by atoms with Gasteiger partial charge in [-0.1, -0.05) is 0 Å². The molecule has 3 amide bonds. The van der Waals surface area contributed by atoms with Gasteiger partial charge in [0.15, 0.2) is 0 Å². The number of carbonyl (C=O) groups excluding carboxylic acids is 2. The molecule has 9 nitrogen and oxygen atoms in total. The molecule has 34 heavy (non-hydrogen) atoms. The zero-order valence-corrected chi connectivity index (χ0v) is 18.5. The van der Waals surface area contributed by atoms with Gasteiger partial charge in [-0.15, -0.1) is 0 Å². The van der Waals surface area contributed by atoms with Gasteiger partial charge in [-0.05, 0) is 31.0 Å². The Morgan fingerprint density at radius 1 is 1.21 bits per heavy atom. The van der Waals surface area contributed by atoms with Crippen molar-refractivity contribution >= 4 is 29.5 Å². The molecule has 0 radical (unpaired) electrons. The van der Waals surface area contributed by atoms with Crippen LogP contribution in [0.3, 0.4) is 0 Å². The van der Waals surface area contributed by atoms with Crippen LogP contribution in [0.25, 0.3) is 5.57 Å². The molecule has 1 unspecified atom stereocenters. The highest BCUT2D eigenvalue weighted by Crippen LogP contribution is 2.52. The summed E-state index contributed by atoms with van der Waals surface area (Å²) < 4.78 is 33.1. The first-order chi connectivity index (χ1) is 16.2. The van der Waals surface area contributed by atoms with Crippen LogP contribution in [0.5, 0.6) is 11.5 Å². The summed E-state index contributed by atoms with van der Waals surface area (Å²) in [5, 5.41) is 12.9. The largest absolute Gasteiger partial charge is 0.456 e. The molecule has 11 heteroatoms. The fourth-order valence-corrected chi connectivity index (χ4v) is 4.31. The summed E-state index contributed by atoms with van der Waals surface area (Å²) in [7, 11) is 1.72. The van der Waals surface area contributed by atoms with Crippen LogP contribution in [-0.2, 0) is 4.79 Å². The molecule has 2 aliphatic rings. The Hall–Kier alpha value is -3.89. The van der Waals surface area contributed by atoms with Crippen molar-refractivity contribution in [3.8, 4) is 11.5 Å². The fourth-order valence-electron chi connectivity index (χ4n) is 4.31. The van der Waals surface area contributed by atoms with Crippen molar-refractivity contribution in [2.24, 2.45) is 5.41 Å². The lowest BCUT2D eigenvalue weighted by atomic mass is 9.84. The van der Waals surface area contributed by atoms with E-state index in [1.165, 1.54) is 18.5 Å². The second-order valence-corrected chi connectivity index (χ2v) is 8.34. The Bertz CT molecular complexity index is 1140. The third-order valence-electron chi connectivity index (χ3n) is 6.01. The zero-order valence-electron chi connectivity index (χ0n) is 18.5. The van der Waals surface area contributed by atoms with Crippen molar-refractivity contribution < 1.29 is 23.1 Å². The number of alkyl halides is 2. The van der Waals surface area contributed by atoms with E-state index in [2.05, 4.69) is 20.6 Å². The number of hydrogen-bond acceptors (Lipinski definition) is 7. The van der Waals surface area contributed by atoms with E-state index in [4.69, 9.17) is 10.1 Å². The number of aromatic nitrogens is 2. The number of allylic oxidation sites excluding steroid dienone is 1. The van der Waals surface area contributed by atoms with Crippen LogP contribution in [0.4, 0.5) is 19.4 Å². The number of rotatable bonds is 6. The highest BCUT2D eigenvalue weighted by molar-refractivity contribution is 6.07. The molecule has 2 fully saturated rings. The monoisotopic (exact) mass is 470 g/mol. The smallest absolute Gasteiger partial charge is 0.329 e. The first-order valence-corrected chi connectivity index (χ1v) is 10.7. The summed E-state index contributed by atoms with van der Waals surface area (Å²) in [5.41, 5.74) is -0.0227. The van der Waals surface area contributed by atoms with E-state index in [0.29, 0.717) is 22.8 Å². The van der Waals surface area contributed by atoms with Crippen LogP contribution < -0.4 is 15.4 Å². The number of hydrogen-bond donors (Lipinski definition) is 3. The lowest BCUT2D eigenvalue weighted by Crippen LogP contribution is -2.40. The topological polar surface area (TPSA) is 120 Å². The van der Waals surface area contributed by atoms with Crippen LogP contribution in [-0.4, -0.2) is 52.5 Å². The number of nitrogens with zero attached hydrogens (tertiary/aromatic N) is 3. The first kappa shape index (κ1) is 23.3. The minimum absolute atomic E-state index is 0.0929. The minimum atomic E-state index is -2.86. The number of anilines is 1. The number of amides is 3. The molecule has 1 spiro atoms. The maximum Gasteiger partial charge on any atom is 0.329 e. The summed E-state index contributed by atoms with van der Waals surface area (Å²) >= 11 is 0. The number of likely N-dealkylation sites (tertiary alicyclic amines) is 1. The summed E-state index contributed by atoms with van der Waals surface area (Å²) in [5.74, 6) is -2.34. The van der Waals surface area contributed by atoms with E-state index < -0.39 is 29.7 Å². The number of halogens is 2. The predicted octanol–water partition coefficient (Wildman–Crippen LogP) is 4.05. The van der Waals surface area contributed by atoms with E-state index in [1.54, 1.807) is 37.6 Å². The van der Waals surface area contributed by atoms with E-state index in [1.807, 2.05) is 0 Å². The molecule has 1 aliphatic heterocycles. The van der Waals surface area contributed by atoms with Crippen LogP contribution in [0.1, 0.15) is 31.4 Å². The first-order valence-electron chi connectivity index (χ1n) is 10.7. The van der Waals surface area contributed by atoms with Gasteiger partial charge in [0, 0.05) is 56.7 Å². The molecule has 178 valence electrons. The van der Waals surface area contributed by atoms with Crippen molar-refractivity contribution in [1.29, 1.82) is 5.41 Å². The number of ether oxygens (including phenoxy) is 1. The average molecular weight is 470 g/mol. The molecule has 0 bridgehead atoms. The SMILES string of the molecule is CN/C=C(\C=N)c1cc(Oc2ccc(NC(=O)N3CCC4(CCC(F)(F)C4)C3=O)nc2)ccn1. The molecular formula is C23H24F2N6O3. The minimum Gasteiger partial charge on any atom is -0.456 e. The maximum absolute atomic E-state index is 13.7. The Kier molecular flexibility index (Phi) is 6.27. The molecular weight excluding hydrogens is 446 g/mol. The van der Waals surface area contributed by atoms with Crippen molar-refractivity contribution in [2.45, 2.75) is 31.6 Å². The van der Waals surface area contributed by atoms with Crippen LogP contribution in [0.15, 0.2) is 42.9 Å². The Morgan fingerprint density at radius 2 is 2.03 bits per heavy atom. The highest BCUT2D eigenvalue weighted by Gasteiger charge is 2.58. The lowest BCUT2D eigenvalue weighted by molar-refractivity contribution is -0.134. The number of pyridine rings is 2. The Morgan fingerprint density at radius 3 is 2.68 bits per heavy atom. The van der Waals surface area contributed by atoms with Crippen molar-refractivity contribution in [3.05, 3.63) is 48.6 Å². The van der Waals surface area contributed by atoms with Crippen LogP contribution >= 0.6 is 0 Å². The third-order valence-corrected chi connectivity index (χ3v) is 6.01. The Balaban J connectivity index is 1.38. The fraction of sp³-hybridized carbons (Fsp3) is 0.348. The molecule has 2 aromatic heterocycles. The second-order valence-electron chi connectivity index (χ2n) is 8.34. The summed E-state index contributed by atoms with van der Waals surface area (Å²) in [6.07, 6.45) is 5.28. The Labute approximate surface area is 194 Å². The molecule has 1 saturated heterocycles. The molecule has 2 aromatic rings. The van der Waals surface area contributed by atoms with Crippen LogP contribution in [0.2, 0.25) is 0 Å². The van der Waals surface area contributed by atoms with Gasteiger partial charge in [-0.2, -0.15) is 0 Å². The molecule has 3 N–H and O–H groups in total. The third kappa shape index (κ3) is 4.73. The molecule has 0 aromatic carbocycles. The van der Waals surface area contributed by atoms with Gasteiger partial charge in [-0.25, -0.2) is 18.6 Å². The molecule has 3 heterocycles. The second kappa shape index (κ2) is 9.16. The van der Waals surface area contributed by atoms with Crippen LogP contribution in [0, 0.1) is 10.8 Å². The molecule has 1 atom stereocenters. The number of carbonyl (C=O) groups is 2. The van der Waals surface area contributed by atoms with Gasteiger partial charge in [0.05, 0.1) is 17.3 Å². The van der Waals surface area contributed by atoms with Gasteiger partial charge >= 0.3 is 6.03 Å². The maximum atomic E-state index is 13.7. The van der Waals surface area contributed by atoms with Gasteiger partial charge in [-0.3, -0.25) is 20.0 Å². The quantitative estimate of drug-likeness (QED) is 0.548. The molecule has 4 rings (SSSR count). The number of nitrogens with one attached hydrogen (secondary N) is 3. The van der Waals surface area contributed by atoms with Gasteiger partial charge in [0.1, 0.15) is 17.3 Å². The van der Waals surface area contributed by atoms with Gasteiger partial charge in [0.2, 0.25) is 11.8 Å². The number of imide groups is 1.